The summed E-state index contributed by atoms with van der Waals surface area (Å²) in [5.74, 6) is 0.536. The summed E-state index contributed by atoms with van der Waals surface area (Å²) in [5.41, 5.74) is 3.18. The van der Waals surface area contributed by atoms with Crippen molar-refractivity contribution in [1.29, 1.82) is 0 Å². The molecule has 6 heteroatoms. The Morgan fingerprint density at radius 3 is 2.34 bits per heavy atom. The van der Waals surface area contributed by atoms with Crippen molar-refractivity contribution in [3.63, 3.8) is 0 Å². The molecule has 1 aromatic heterocycles. The lowest BCUT2D eigenvalue weighted by atomic mass is 10.0. The van der Waals surface area contributed by atoms with E-state index in [9.17, 15) is 14.3 Å². The number of aryl methyl sites for hydroxylation is 1. The van der Waals surface area contributed by atoms with Gasteiger partial charge in [-0.05, 0) is 55.0 Å². The molecule has 5 nitrogen and oxygen atoms in total. The van der Waals surface area contributed by atoms with Crippen molar-refractivity contribution < 1.29 is 28.2 Å². The first-order chi connectivity index (χ1) is 15.5. The molecule has 4 rings (SSSR count). The highest BCUT2D eigenvalue weighted by atomic mass is 19.1. The van der Waals surface area contributed by atoms with Crippen molar-refractivity contribution in [1.82, 2.24) is 0 Å². The lowest BCUT2D eigenvalue weighted by Crippen LogP contribution is -2.07. The van der Waals surface area contributed by atoms with E-state index in [1.165, 1.54) is 12.1 Å². The van der Waals surface area contributed by atoms with Gasteiger partial charge in [-0.3, -0.25) is 0 Å². The number of hydrogen-bond acceptors (Lipinski definition) is 4. The first kappa shape index (κ1) is 21.2. The minimum atomic E-state index is -0.973. The van der Waals surface area contributed by atoms with Crippen molar-refractivity contribution in [3.05, 3.63) is 107 Å². The molecular formula is C26H21FO5. The molecule has 0 atom stereocenters. The van der Waals surface area contributed by atoms with Crippen LogP contribution in [-0.4, -0.2) is 11.1 Å². The van der Waals surface area contributed by atoms with Gasteiger partial charge in [0.25, 0.3) is 0 Å². The fourth-order valence-electron chi connectivity index (χ4n) is 3.35. The largest absolute Gasteiger partial charge is 0.489 e. The van der Waals surface area contributed by atoms with Crippen LogP contribution in [0, 0.1) is 12.7 Å². The molecule has 0 bridgehead atoms. The summed E-state index contributed by atoms with van der Waals surface area (Å²) in [6, 6.07) is 20.4. The Balaban J connectivity index is 1.39. The summed E-state index contributed by atoms with van der Waals surface area (Å²) in [6.45, 7) is 2.18. The lowest BCUT2D eigenvalue weighted by molar-refractivity contribution is 0.0693. The molecule has 0 saturated carbocycles. The van der Waals surface area contributed by atoms with E-state index in [2.05, 4.69) is 0 Å². The van der Waals surface area contributed by atoms with Crippen LogP contribution in [0.25, 0.3) is 11.3 Å². The second-order valence-electron chi connectivity index (χ2n) is 7.29. The molecule has 3 aromatic carbocycles. The maximum Gasteiger partial charge on any atom is 0.336 e. The van der Waals surface area contributed by atoms with Gasteiger partial charge < -0.3 is 19.0 Å². The number of aromatic carboxylic acids is 1. The van der Waals surface area contributed by atoms with E-state index in [-0.39, 0.29) is 24.6 Å². The molecule has 0 aliphatic heterocycles. The maximum absolute atomic E-state index is 13.1. The smallest absolute Gasteiger partial charge is 0.336 e. The average molecular weight is 432 g/mol. The van der Waals surface area contributed by atoms with E-state index in [1.54, 1.807) is 55.7 Å². The van der Waals surface area contributed by atoms with Crippen molar-refractivity contribution in [2.24, 2.45) is 0 Å². The number of furan rings is 1. The Morgan fingerprint density at radius 2 is 1.62 bits per heavy atom. The Morgan fingerprint density at radius 1 is 0.938 bits per heavy atom. The fourth-order valence-corrected chi connectivity index (χ4v) is 3.35. The molecule has 0 spiro atoms. The van der Waals surface area contributed by atoms with Crippen molar-refractivity contribution >= 4 is 5.97 Å². The van der Waals surface area contributed by atoms with Gasteiger partial charge in [-0.2, -0.15) is 0 Å². The summed E-state index contributed by atoms with van der Waals surface area (Å²) in [6.07, 6.45) is 1.60. The number of benzene rings is 3. The van der Waals surface area contributed by atoms with E-state index in [0.29, 0.717) is 28.4 Å². The average Bonchev–Trinajstić information content (AvgIpc) is 3.26. The fraction of sp³-hybridized carbons (Fsp3) is 0.115. The van der Waals surface area contributed by atoms with Crippen LogP contribution in [0.5, 0.6) is 11.5 Å². The number of ether oxygens (including phenoxy) is 2. The molecule has 0 radical (unpaired) electrons. The van der Waals surface area contributed by atoms with E-state index in [4.69, 9.17) is 13.9 Å². The molecule has 0 unspecified atom stereocenters. The minimum absolute atomic E-state index is 0.134. The third-order valence-electron chi connectivity index (χ3n) is 4.96. The lowest BCUT2D eigenvalue weighted by Gasteiger charge is -2.12. The number of halogens is 1. The van der Waals surface area contributed by atoms with Gasteiger partial charge in [0, 0.05) is 22.8 Å². The summed E-state index contributed by atoms with van der Waals surface area (Å²) in [5, 5.41) is 9.45. The first-order valence-electron chi connectivity index (χ1n) is 10.0. The SMILES string of the molecule is Cc1cccc(COc2cccc(OCc3coc(-c4ccc(F)cc4)c3)c2)c1C(=O)O. The highest BCUT2D eigenvalue weighted by molar-refractivity contribution is 5.91. The maximum atomic E-state index is 13.1. The predicted octanol–water partition coefficient (Wildman–Crippen LogP) is 6.25. The van der Waals surface area contributed by atoms with E-state index >= 15 is 0 Å². The topological polar surface area (TPSA) is 68.9 Å². The van der Waals surface area contributed by atoms with Crippen LogP contribution in [0.4, 0.5) is 4.39 Å². The molecule has 4 aromatic rings. The van der Waals surface area contributed by atoms with Gasteiger partial charge in [-0.1, -0.05) is 24.3 Å². The summed E-state index contributed by atoms with van der Waals surface area (Å²) in [7, 11) is 0. The highest BCUT2D eigenvalue weighted by Gasteiger charge is 2.13. The first-order valence-corrected chi connectivity index (χ1v) is 10.0. The van der Waals surface area contributed by atoms with Gasteiger partial charge >= 0.3 is 5.97 Å². The van der Waals surface area contributed by atoms with Crippen molar-refractivity contribution in [2.45, 2.75) is 20.1 Å². The third-order valence-corrected chi connectivity index (χ3v) is 4.96. The summed E-state index contributed by atoms with van der Waals surface area (Å²) >= 11 is 0. The van der Waals surface area contributed by atoms with Gasteiger partial charge in [0.05, 0.1) is 11.8 Å². The molecule has 162 valence electrons. The Bertz CT molecular complexity index is 1230. The van der Waals surface area contributed by atoms with Crippen molar-refractivity contribution in [3.8, 4) is 22.8 Å². The van der Waals surface area contributed by atoms with Gasteiger partial charge in [-0.15, -0.1) is 0 Å². The predicted molar refractivity (Wildman–Crippen MR) is 117 cm³/mol. The quantitative estimate of drug-likeness (QED) is 0.356. The number of rotatable bonds is 8. The highest BCUT2D eigenvalue weighted by Crippen LogP contribution is 2.25. The number of carboxylic acid groups (broad SMARTS) is 1. The van der Waals surface area contributed by atoms with Crippen LogP contribution in [0.3, 0.4) is 0 Å². The Hall–Kier alpha value is -4.06. The zero-order chi connectivity index (χ0) is 22.5. The zero-order valence-corrected chi connectivity index (χ0v) is 17.4. The number of carbonyl (C=O) groups is 1. The van der Waals surface area contributed by atoms with Gasteiger partial charge in [-0.25, -0.2) is 9.18 Å². The van der Waals surface area contributed by atoms with Gasteiger partial charge in [0.15, 0.2) is 0 Å². The zero-order valence-electron chi connectivity index (χ0n) is 17.4. The second-order valence-corrected chi connectivity index (χ2v) is 7.29. The van der Waals surface area contributed by atoms with Crippen molar-refractivity contribution in [2.75, 3.05) is 0 Å². The molecule has 1 heterocycles. The van der Waals surface area contributed by atoms with E-state index < -0.39 is 5.97 Å². The van der Waals surface area contributed by atoms with Gasteiger partial charge in [0.2, 0.25) is 0 Å². The molecule has 0 saturated heterocycles. The minimum Gasteiger partial charge on any atom is -0.489 e. The van der Waals surface area contributed by atoms with Crippen LogP contribution in [-0.2, 0) is 13.2 Å². The molecule has 0 aliphatic carbocycles. The van der Waals surface area contributed by atoms with Crippen LogP contribution in [0.15, 0.2) is 83.5 Å². The monoisotopic (exact) mass is 432 g/mol. The third kappa shape index (κ3) is 4.98. The molecular weight excluding hydrogens is 411 g/mol. The molecule has 32 heavy (non-hydrogen) atoms. The van der Waals surface area contributed by atoms with E-state index in [0.717, 1.165) is 11.1 Å². The van der Waals surface area contributed by atoms with Crippen LogP contribution < -0.4 is 9.47 Å². The van der Waals surface area contributed by atoms with Crippen LogP contribution in [0.2, 0.25) is 0 Å². The Kier molecular flexibility index (Phi) is 6.22. The Labute approximate surface area is 184 Å². The van der Waals surface area contributed by atoms with E-state index in [1.807, 2.05) is 18.2 Å². The normalized spacial score (nSPS) is 10.7. The van der Waals surface area contributed by atoms with Crippen LogP contribution in [0.1, 0.15) is 27.0 Å². The summed E-state index contributed by atoms with van der Waals surface area (Å²) in [4.78, 5) is 11.5. The number of hydrogen-bond donors (Lipinski definition) is 1. The molecule has 1 N–H and O–H groups in total. The molecule has 0 amide bonds. The standard InChI is InChI=1S/C26H21FO5/c1-17-4-2-5-20(25(17)26(28)29)16-31-23-7-3-6-22(13-23)30-14-18-12-24(32-15-18)19-8-10-21(27)11-9-19/h2-13,15H,14,16H2,1H3,(H,28,29). The number of carboxylic acids is 1. The molecule has 0 fully saturated rings. The van der Waals surface area contributed by atoms with Crippen LogP contribution >= 0.6 is 0 Å². The second kappa shape index (κ2) is 9.39. The molecule has 0 aliphatic rings. The summed E-state index contributed by atoms with van der Waals surface area (Å²) < 4.78 is 30.3. The van der Waals surface area contributed by atoms with Gasteiger partial charge in [0.1, 0.15) is 36.3 Å².